The summed E-state index contributed by atoms with van der Waals surface area (Å²) in [4.78, 5) is 0.245. The molecule has 1 aromatic carbocycles. The van der Waals surface area contributed by atoms with Crippen LogP contribution in [0.3, 0.4) is 0 Å². The Bertz CT molecular complexity index is 523. The number of nitrogens with one attached hydrogen (secondary N) is 1. The van der Waals surface area contributed by atoms with Gasteiger partial charge in [-0.25, -0.2) is 13.1 Å². The summed E-state index contributed by atoms with van der Waals surface area (Å²) in [7, 11) is -3.48. The largest absolute Gasteiger partial charge is 0.348 e. The molecule has 0 aliphatic carbocycles. The number of benzene rings is 1. The molecule has 1 aliphatic rings. The molecule has 0 amide bonds. The molecule has 7 heteroatoms. The van der Waals surface area contributed by atoms with Crippen molar-refractivity contribution in [3.63, 3.8) is 0 Å². The first kappa shape index (κ1) is 14.9. The van der Waals surface area contributed by atoms with Crippen molar-refractivity contribution >= 4 is 26.0 Å². The molecule has 0 bridgehead atoms. The molecule has 0 atom stereocenters. The molecule has 5 nitrogen and oxygen atoms in total. The molecule has 2 rings (SSSR count). The van der Waals surface area contributed by atoms with E-state index >= 15 is 0 Å². The average Bonchev–Trinajstić information content (AvgIpc) is 2.76. The van der Waals surface area contributed by atoms with Gasteiger partial charge in [0.15, 0.2) is 5.79 Å². The smallest absolute Gasteiger partial charge is 0.240 e. The number of hydrogen-bond donors (Lipinski definition) is 1. The van der Waals surface area contributed by atoms with Gasteiger partial charge in [-0.05, 0) is 31.2 Å². The van der Waals surface area contributed by atoms with Crippen molar-refractivity contribution in [1.82, 2.24) is 4.72 Å². The predicted molar refractivity (Wildman–Crippen MR) is 74.3 cm³/mol. The average molecular weight is 350 g/mol. The van der Waals surface area contributed by atoms with Crippen molar-refractivity contribution < 1.29 is 17.9 Å². The predicted octanol–water partition coefficient (Wildman–Crippen LogP) is 1.88. The molecule has 1 N–H and O–H groups in total. The van der Waals surface area contributed by atoms with Gasteiger partial charge in [0.1, 0.15) is 0 Å². The van der Waals surface area contributed by atoms with Gasteiger partial charge in [0, 0.05) is 17.4 Å². The SMILES string of the molecule is CC1(CCNS(=O)(=O)c2ccc(Br)cc2)OCCO1. The minimum atomic E-state index is -3.48. The maximum atomic E-state index is 12.0. The highest BCUT2D eigenvalue weighted by molar-refractivity contribution is 9.10. The van der Waals surface area contributed by atoms with E-state index in [2.05, 4.69) is 20.7 Å². The minimum absolute atomic E-state index is 0.245. The van der Waals surface area contributed by atoms with Gasteiger partial charge < -0.3 is 9.47 Å². The van der Waals surface area contributed by atoms with Crippen LogP contribution < -0.4 is 4.72 Å². The second kappa shape index (κ2) is 5.88. The highest BCUT2D eigenvalue weighted by Crippen LogP contribution is 2.22. The molecule has 1 heterocycles. The zero-order valence-corrected chi connectivity index (χ0v) is 13.0. The first-order chi connectivity index (χ1) is 8.91. The van der Waals surface area contributed by atoms with E-state index in [0.717, 1.165) is 4.47 Å². The Morgan fingerprint density at radius 3 is 2.42 bits per heavy atom. The molecular weight excluding hydrogens is 334 g/mol. The topological polar surface area (TPSA) is 64.6 Å². The molecule has 0 aromatic heterocycles. The van der Waals surface area contributed by atoms with Gasteiger partial charge in [-0.2, -0.15) is 0 Å². The fraction of sp³-hybridized carbons (Fsp3) is 0.500. The summed E-state index contributed by atoms with van der Waals surface area (Å²) in [6.45, 7) is 3.19. The fourth-order valence-electron chi connectivity index (χ4n) is 1.81. The monoisotopic (exact) mass is 349 g/mol. The molecule has 1 aliphatic heterocycles. The lowest BCUT2D eigenvalue weighted by Gasteiger charge is -2.22. The highest BCUT2D eigenvalue weighted by atomic mass is 79.9. The summed E-state index contributed by atoms with van der Waals surface area (Å²) in [5.74, 6) is -0.678. The minimum Gasteiger partial charge on any atom is -0.348 e. The molecular formula is C12H16BrNO4S. The highest BCUT2D eigenvalue weighted by Gasteiger charge is 2.30. The second-order valence-corrected chi connectivity index (χ2v) is 7.12. The molecule has 1 fully saturated rings. The van der Waals surface area contributed by atoms with E-state index in [1.165, 1.54) is 0 Å². The Hall–Kier alpha value is -0.470. The third-order valence-electron chi connectivity index (χ3n) is 2.89. The Morgan fingerprint density at radius 1 is 1.26 bits per heavy atom. The standard InChI is InChI=1S/C12H16BrNO4S/c1-12(17-8-9-18-12)6-7-14-19(15,16)11-4-2-10(13)3-5-11/h2-5,14H,6-9H2,1H3. The summed E-state index contributed by atoms with van der Waals surface area (Å²) in [6, 6.07) is 6.49. The van der Waals surface area contributed by atoms with Crippen molar-refractivity contribution in [3.8, 4) is 0 Å². The number of ether oxygens (including phenoxy) is 2. The lowest BCUT2D eigenvalue weighted by molar-refractivity contribution is -0.145. The van der Waals surface area contributed by atoms with Crippen LogP contribution >= 0.6 is 15.9 Å². The lowest BCUT2D eigenvalue weighted by Crippen LogP contribution is -2.33. The third-order valence-corrected chi connectivity index (χ3v) is 4.90. The van der Waals surface area contributed by atoms with Crippen molar-refractivity contribution in [1.29, 1.82) is 0 Å². The maximum Gasteiger partial charge on any atom is 0.240 e. The van der Waals surface area contributed by atoms with Crippen LogP contribution in [0.1, 0.15) is 13.3 Å². The lowest BCUT2D eigenvalue weighted by atomic mass is 10.2. The van der Waals surface area contributed by atoms with Crippen LogP contribution in [0, 0.1) is 0 Å². The normalized spacial score (nSPS) is 18.6. The number of sulfonamides is 1. The molecule has 0 radical (unpaired) electrons. The van der Waals surface area contributed by atoms with E-state index in [1.807, 2.05) is 6.92 Å². The van der Waals surface area contributed by atoms with E-state index in [-0.39, 0.29) is 11.4 Å². The van der Waals surface area contributed by atoms with Crippen LogP contribution in [-0.4, -0.2) is 34.0 Å². The summed E-state index contributed by atoms with van der Waals surface area (Å²) >= 11 is 3.27. The molecule has 0 saturated carbocycles. The summed E-state index contributed by atoms with van der Waals surface area (Å²) in [6.07, 6.45) is 0.475. The van der Waals surface area contributed by atoms with Crippen LogP contribution in [0.2, 0.25) is 0 Å². The van der Waals surface area contributed by atoms with E-state index in [1.54, 1.807) is 24.3 Å². The quantitative estimate of drug-likeness (QED) is 0.881. The van der Waals surface area contributed by atoms with Gasteiger partial charge in [0.25, 0.3) is 0 Å². The molecule has 19 heavy (non-hydrogen) atoms. The van der Waals surface area contributed by atoms with E-state index in [4.69, 9.17) is 9.47 Å². The molecule has 0 spiro atoms. The molecule has 0 unspecified atom stereocenters. The summed E-state index contributed by atoms with van der Waals surface area (Å²) in [5, 5.41) is 0. The van der Waals surface area contributed by atoms with Gasteiger partial charge in [-0.1, -0.05) is 15.9 Å². The first-order valence-corrected chi connectivity index (χ1v) is 8.22. The number of halogens is 1. The zero-order valence-electron chi connectivity index (χ0n) is 10.6. The Morgan fingerprint density at radius 2 is 1.84 bits per heavy atom. The second-order valence-electron chi connectivity index (χ2n) is 4.43. The molecule has 1 aromatic rings. The van der Waals surface area contributed by atoms with Crippen molar-refractivity contribution in [3.05, 3.63) is 28.7 Å². The Balaban J connectivity index is 1.92. The van der Waals surface area contributed by atoms with Gasteiger partial charge in [-0.15, -0.1) is 0 Å². The maximum absolute atomic E-state index is 12.0. The van der Waals surface area contributed by atoms with E-state index < -0.39 is 15.8 Å². The van der Waals surface area contributed by atoms with Crippen molar-refractivity contribution in [2.45, 2.75) is 24.0 Å². The molecule has 106 valence electrons. The summed E-state index contributed by atoms with van der Waals surface area (Å²) in [5.41, 5.74) is 0. The van der Waals surface area contributed by atoms with Crippen LogP contribution in [0.25, 0.3) is 0 Å². The molecule has 1 saturated heterocycles. The van der Waals surface area contributed by atoms with Crippen LogP contribution in [0.4, 0.5) is 0 Å². The van der Waals surface area contributed by atoms with Gasteiger partial charge >= 0.3 is 0 Å². The Labute approximate surface area is 121 Å². The van der Waals surface area contributed by atoms with Crippen LogP contribution in [-0.2, 0) is 19.5 Å². The van der Waals surface area contributed by atoms with Crippen LogP contribution in [0.15, 0.2) is 33.6 Å². The first-order valence-electron chi connectivity index (χ1n) is 5.94. The third kappa shape index (κ3) is 4.00. The zero-order chi connectivity index (χ0) is 13.9. The number of hydrogen-bond acceptors (Lipinski definition) is 4. The summed E-state index contributed by atoms with van der Waals surface area (Å²) < 4.78 is 38.2. The van der Waals surface area contributed by atoms with E-state index in [9.17, 15) is 8.42 Å². The van der Waals surface area contributed by atoms with Gasteiger partial charge in [-0.3, -0.25) is 0 Å². The van der Waals surface area contributed by atoms with E-state index in [0.29, 0.717) is 19.6 Å². The van der Waals surface area contributed by atoms with Crippen molar-refractivity contribution in [2.75, 3.05) is 19.8 Å². The Kier molecular flexibility index (Phi) is 4.62. The van der Waals surface area contributed by atoms with Crippen LogP contribution in [0.5, 0.6) is 0 Å². The van der Waals surface area contributed by atoms with Gasteiger partial charge in [0.05, 0.1) is 18.1 Å². The number of rotatable bonds is 5. The van der Waals surface area contributed by atoms with Crippen molar-refractivity contribution in [2.24, 2.45) is 0 Å². The van der Waals surface area contributed by atoms with Gasteiger partial charge in [0.2, 0.25) is 10.0 Å². The fourth-order valence-corrected chi connectivity index (χ4v) is 3.11.